The van der Waals surface area contributed by atoms with E-state index >= 15 is 0 Å². The molecule has 0 saturated carbocycles. The Hall–Kier alpha value is -0.910. The molecule has 0 aliphatic carbocycles. The van der Waals surface area contributed by atoms with Crippen molar-refractivity contribution in [1.29, 1.82) is 0 Å². The Morgan fingerprint density at radius 1 is 1.17 bits per heavy atom. The molecule has 0 heterocycles. The number of carbonyl (C=O) groups excluding carboxylic acids is 1. The summed E-state index contributed by atoms with van der Waals surface area (Å²) in [5.74, 6) is -0.515. The molecule has 18 heavy (non-hydrogen) atoms. The number of rotatable bonds is 8. The highest BCUT2D eigenvalue weighted by Crippen LogP contribution is 2.17. The molecular weight excluding hydrogens is 234 g/mol. The third kappa shape index (κ3) is 4.76. The van der Waals surface area contributed by atoms with Gasteiger partial charge in [0.1, 0.15) is 12.5 Å². The van der Waals surface area contributed by atoms with Gasteiger partial charge in [-0.15, -0.1) is 0 Å². The first-order valence-corrected chi connectivity index (χ1v) is 6.38. The number of hydrogen-bond acceptors (Lipinski definition) is 5. The number of aliphatic hydroxyl groups excluding tert-OH is 2. The molecule has 0 aromatic carbocycles. The van der Waals surface area contributed by atoms with Crippen LogP contribution in [-0.4, -0.2) is 39.8 Å². The van der Waals surface area contributed by atoms with Crippen LogP contribution in [-0.2, 0) is 9.53 Å². The van der Waals surface area contributed by atoms with Crippen LogP contribution in [0, 0.1) is 0 Å². The predicted molar refractivity (Wildman–Crippen MR) is 69.4 cm³/mol. The van der Waals surface area contributed by atoms with E-state index in [9.17, 15) is 15.0 Å². The first-order valence-electron chi connectivity index (χ1n) is 6.38. The van der Waals surface area contributed by atoms with Gasteiger partial charge >= 0.3 is 5.97 Å². The molecule has 0 aromatic heterocycles. The lowest BCUT2D eigenvalue weighted by atomic mass is 10.2. The molecule has 5 heteroatoms. The molecule has 0 saturated heterocycles. The van der Waals surface area contributed by atoms with Crippen LogP contribution < -0.4 is 0 Å². The topological polar surface area (TPSA) is 70.0 Å². The number of carbonyl (C=O) groups is 1. The standard InChI is InChI=1S/C13H25NO4/c1-6-10(15)14(11(16)7-2)12(8-3)18-13(17)9(4)5/h10-12,15-16H,4,6-8H2,1-3,5H3. The number of esters is 1. The fraction of sp³-hybridized carbons (Fsp3) is 0.769. The Bertz CT molecular complexity index is 270. The van der Waals surface area contributed by atoms with Gasteiger partial charge in [0, 0.05) is 5.57 Å². The second kappa shape index (κ2) is 8.24. The summed E-state index contributed by atoms with van der Waals surface area (Å²) in [6.45, 7) is 10.5. The van der Waals surface area contributed by atoms with Gasteiger partial charge in [0.05, 0.1) is 0 Å². The van der Waals surface area contributed by atoms with Gasteiger partial charge in [-0.25, -0.2) is 9.69 Å². The SMILES string of the molecule is C=C(C)C(=O)OC(CC)N(C(O)CC)C(O)CC. The smallest absolute Gasteiger partial charge is 0.334 e. The number of aliphatic hydroxyl groups is 2. The molecule has 0 spiro atoms. The first kappa shape index (κ1) is 17.1. The van der Waals surface area contributed by atoms with Crippen molar-refractivity contribution in [3.63, 3.8) is 0 Å². The Kier molecular flexibility index (Phi) is 7.82. The Morgan fingerprint density at radius 2 is 1.61 bits per heavy atom. The molecule has 3 unspecified atom stereocenters. The van der Waals surface area contributed by atoms with E-state index in [0.29, 0.717) is 24.8 Å². The number of hydrogen-bond donors (Lipinski definition) is 2. The Labute approximate surface area is 109 Å². The minimum atomic E-state index is -0.845. The first-order chi connectivity index (χ1) is 8.38. The lowest BCUT2D eigenvalue weighted by Gasteiger charge is -2.37. The van der Waals surface area contributed by atoms with E-state index in [4.69, 9.17) is 4.74 Å². The lowest BCUT2D eigenvalue weighted by molar-refractivity contribution is -0.200. The molecule has 0 aliphatic heterocycles. The maximum absolute atomic E-state index is 11.5. The quantitative estimate of drug-likeness (QED) is 0.393. The fourth-order valence-corrected chi connectivity index (χ4v) is 1.58. The van der Waals surface area contributed by atoms with E-state index < -0.39 is 24.7 Å². The maximum atomic E-state index is 11.5. The molecule has 0 amide bonds. The third-order valence-corrected chi connectivity index (χ3v) is 2.69. The van der Waals surface area contributed by atoms with E-state index in [1.807, 2.05) is 6.92 Å². The Balaban J connectivity index is 4.91. The minimum Gasteiger partial charge on any atom is -0.443 e. The molecule has 106 valence electrons. The number of ether oxygens (including phenoxy) is 1. The third-order valence-electron chi connectivity index (χ3n) is 2.69. The molecule has 0 bridgehead atoms. The van der Waals surface area contributed by atoms with Crippen LogP contribution in [0.5, 0.6) is 0 Å². The summed E-state index contributed by atoms with van der Waals surface area (Å²) in [6, 6.07) is 0. The van der Waals surface area contributed by atoms with E-state index in [1.54, 1.807) is 20.8 Å². The highest BCUT2D eigenvalue weighted by molar-refractivity contribution is 5.87. The molecule has 5 nitrogen and oxygen atoms in total. The predicted octanol–water partition coefficient (Wildman–Crippen LogP) is 1.60. The van der Waals surface area contributed by atoms with Crippen LogP contribution in [0.2, 0.25) is 0 Å². The van der Waals surface area contributed by atoms with Crippen LogP contribution in [0.25, 0.3) is 0 Å². The van der Waals surface area contributed by atoms with Crippen molar-refractivity contribution < 1.29 is 19.7 Å². The Morgan fingerprint density at radius 3 is 1.89 bits per heavy atom. The van der Waals surface area contributed by atoms with Crippen molar-refractivity contribution in [2.45, 2.75) is 65.6 Å². The summed E-state index contributed by atoms with van der Waals surface area (Å²) in [4.78, 5) is 12.9. The molecule has 0 radical (unpaired) electrons. The van der Waals surface area contributed by atoms with Gasteiger partial charge in [-0.2, -0.15) is 0 Å². The summed E-state index contributed by atoms with van der Waals surface area (Å²) in [6.07, 6.45) is -0.978. The van der Waals surface area contributed by atoms with E-state index in [1.165, 1.54) is 4.90 Å². The van der Waals surface area contributed by atoms with Crippen LogP contribution >= 0.6 is 0 Å². The van der Waals surface area contributed by atoms with Crippen molar-refractivity contribution in [2.24, 2.45) is 0 Å². The van der Waals surface area contributed by atoms with Crippen molar-refractivity contribution in [2.75, 3.05) is 0 Å². The average molecular weight is 259 g/mol. The van der Waals surface area contributed by atoms with Gasteiger partial charge in [-0.1, -0.05) is 27.4 Å². The summed E-state index contributed by atoms with van der Waals surface area (Å²) in [7, 11) is 0. The molecule has 0 aromatic rings. The van der Waals surface area contributed by atoms with Crippen LogP contribution in [0.3, 0.4) is 0 Å². The zero-order valence-corrected chi connectivity index (χ0v) is 11.7. The van der Waals surface area contributed by atoms with Gasteiger partial charge in [0.2, 0.25) is 0 Å². The van der Waals surface area contributed by atoms with Crippen molar-refractivity contribution in [3.8, 4) is 0 Å². The highest BCUT2D eigenvalue weighted by Gasteiger charge is 2.30. The van der Waals surface area contributed by atoms with Gasteiger partial charge in [0.15, 0.2) is 6.23 Å². The maximum Gasteiger partial charge on any atom is 0.334 e. The minimum absolute atomic E-state index is 0.297. The monoisotopic (exact) mass is 259 g/mol. The summed E-state index contributed by atoms with van der Waals surface area (Å²) >= 11 is 0. The summed E-state index contributed by atoms with van der Waals surface area (Å²) in [5, 5.41) is 19.8. The van der Waals surface area contributed by atoms with Crippen molar-refractivity contribution >= 4 is 5.97 Å². The summed E-state index contributed by atoms with van der Waals surface area (Å²) < 4.78 is 5.24. The fourth-order valence-electron chi connectivity index (χ4n) is 1.58. The average Bonchev–Trinajstić information content (AvgIpc) is 2.36. The molecule has 0 aliphatic rings. The molecule has 3 atom stereocenters. The second-order valence-electron chi connectivity index (χ2n) is 4.27. The van der Waals surface area contributed by atoms with Gasteiger partial charge in [0.25, 0.3) is 0 Å². The van der Waals surface area contributed by atoms with Crippen LogP contribution in [0.15, 0.2) is 12.2 Å². The van der Waals surface area contributed by atoms with E-state index in [2.05, 4.69) is 6.58 Å². The normalized spacial score (nSPS) is 16.2. The largest absolute Gasteiger partial charge is 0.443 e. The van der Waals surface area contributed by atoms with Crippen molar-refractivity contribution in [3.05, 3.63) is 12.2 Å². The van der Waals surface area contributed by atoms with Gasteiger partial charge < -0.3 is 14.9 Å². The van der Waals surface area contributed by atoms with Crippen LogP contribution in [0.4, 0.5) is 0 Å². The van der Waals surface area contributed by atoms with Crippen molar-refractivity contribution in [1.82, 2.24) is 4.90 Å². The second-order valence-corrected chi connectivity index (χ2v) is 4.27. The van der Waals surface area contributed by atoms with Gasteiger partial charge in [-0.3, -0.25) is 0 Å². The summed E-state index contributed by atoms with van der Waals surface area (Å²) in [5.41, 5.74) is 0.297. The molecule has 0 rings (SSSR count). The highest BCUT2D eigenvalue weighted by atomic mass is 16.6. The zero-order valence-electron chi connectivity index (χ0n) is 11.7. The number of nitrogens with zero attached hydrogens (tertiary/aromatic N) is 1. The van der Waals surface area contributed by atoms with Crippen LogP contribution in [0.1, 0.15) is 47.0 Å². The molecular formula is C13H25NO4. The lowest BCUT2D eigenvalue weighted by Crippen LogP contribution is -2.50. The molecule has 2 N–H and O–H groups in total. The van der Waals surface area contributed by atoms with E-state index in [-0.39, 0.29) is 0 Å². The zero-order chi connectivity index (χ0) is 14.3. The molecule has 0 fully saturated rings. The van der Waals surface area contributed by atoms with E-state index in [0.717, 1.165) is 0 Å². The van der Waals surface area contributed by atoms with Gasteiger partial charge in [-0.05, 0) is 26.2 Å².